The van der Waals surface area contributed by atoms with Crippen LogP contribution in [-0.4, -0.2) is 30.8 Å². The van der Waals surface area contributed by atoms with Crippen LogP contribution < -0.4 is 4.90 Å². The molecule has 1 fully saturated rings. The van der Waals surface area contributed by atoms with Crippen molar-refractivity contribution >= 4 is 16.9 Å². The maximum Gasteiger partial charge on any atom is 0.342 e. The van der Waals surface area contributed by atoms with Gasteiger partial charge in [0.15, 0.2) is 0 Å². The van der Waals surface area contributed by atoms with Crippen LogP contribution in [0.3, 0.4) is 0 Å². The molecule has 30 heavy (non-hydrogen) atoms. The highest BCUT2D eigenvalue weighted by Gasteiger charge is 2.27. The van der Waals surface area contributed by atoms with Crippen molar-refractivity contribution in [1.82, 2.24) is 0 Å². The Balaban J connectivity index is 1.57. The molecule has 0 aliphatic carbocycles. The van der Waals surface area contributed by atoms with E-state index in [1.54, 1.807) is 19.1 Å². The van der Waals surface area contributed by atoms with E-state index in [0.29, 0.717) is 41.9 Å². The van der Waals surface area contributed by atoms with Crippen LogP contribution in [0.2, 0.25) is 0 Å². The quantitative estimate of drug-likeness (QED) is 0.611. The first-order chi connectivity index (χ1) is 14.5. The fourth-order valence-electron chi connectivity index (χ4n) is 4.37. The number of quaternary nitrogens is 1. The van der Waals surface area contributed by atoms with E-state index in [9.17, 15) is 9.90 Å². The zero-order chi connectivity index (χ0) is 21.1. The molecule has 2 heterocycles. The van der Waals surface area contributed by atoms with Crippen molar-refractivity contribution < 1.29 is 24.0 Å². The van der Waals surface area contributed by atoms with E-state index in [2.05, 4.69) is 6.92 Å². The van der Waals surface area contributed by atoms with Crippen LogP contribution in [-0.2, 0) is 17.7 Å². The van der Waals surface area contributed by atoms with Gasteiger partial charge in [-0.1, -0.05) is 37.3 Å². The normalized spacial score (nSPS) is 19.1. The largest absolute Gasteiger partial charge is 0.507 e. The molecule has 1 aliphatic heterocycles. The molecule has 0 saturated carbocycles. The highest BCUT2D eigenvalue weighted by molar-refractivity contribution is 6.06. The van der Waals surface area contributed by atoms with Gasteiger partial charge in [0.05, 0.1) is 25.3 Å². The third-order valence-corrected chi connectivity index (χ3v) is 6.19. The van der Waals surface area contributed by atoms with Gasteiger partial charge in [-0.15, -0.1) is 0 Å². The average molecular weight is 409 g/mol. The topological polar surface area (TPSA) is 64.1 Å². The summed E-state index contributed by atoms with van der Waals surface area (Å²) in [5.41, 5.74) is 2.97. The van der Waals surface area contributed by atoms with E-state index in [-0.39, 0.29) is 5.75 Å². The second kappa shape index (κ2) is 8.92. The molecule has 1 aliphatic rings. The molecule has 0 bridgehead atoms. The van der Waals surface area contributed by atoms with Gasteiger partial charge in [-0.05, 0) is 43.4 Å². The lowest BCUT2D eigenvalue weighted by atomic mass is 9.97. The summed E-state index contributed by atoms with van der Waals surface area (Å²) in [4.78, 5) is 14.4. The van der Waals surface area contributed by atoms with Crippen LogP contribution in [0, 0.1) is 12.8 Å². The van der Waals surface area contributed by atoms with E-state index >= 15 is 0 Å². The predicted octanol–water partition coefficient (Wildman–Crippen LogP) is 3.66. The van der Waals surface area contributed by atoms with Gasteiger partial charge in [0.25, 0.3) is 0 Å². The van der Waals surface area contributed by atoms with Crippen LogP contribution in [0.5, 0.6) is 5.75 Å². The molecule has 5 nitrogen and oxygen atoms in total. The molecule has 0 amide bonds. The first kappa shape index (κ1) is 20.5. The second-order valence-electron chi connectivity index (χ2n) is 8.45. The number of rotatable bonds is 6. The number of piperidine rings is 1. The van der Waals surface area contributed by atoms with Crippen molar-refractivity contribution in [2.45, 2.75) is 39.7 Å². The fourth-order valence-corrected chi connectivity index (χ4v) is 4.37. The zero-order valence-corrected chi connectivity index (χ0v) is 17.7. The zero-order valence-electron chi connectivity index (χ0n) is 17.7. The summed E-state index contributed by atoms with van der Waals surface area (Å²) in [6, 6.07) is 13.4. The lowest BCUT2D eigenvalue weighted by Gasteiger charge is -2.27. The molecular formula is C25H30NO4+. The van der Waals surface area contributed by atoms with Gasteiger partial charge in [0.1, 0.15) is 29.2 Å². The number of phenolic OH excluding ortho intramolecular Hbond substituents is 1. The van der Waals surface area contributed by atoms with Crippen LogP contribution in [0.15, 0.2) is 46.9 Å². The fraction of sp³-hybridized carbons (Fsp3) is 0.400. The number of aromatic hydroxyl groups is 1. The number of aryl methyl sites for hydroxylation is 1. The molecule has 2 aromatic carbocycles. The highest BCUT2D eigenvalue weighted by atomic mass is 16.5. The first-order valence-corrected chi connectivity index (χ1v) is 10.8. The smallest absolute Gasteiger partial charge is 0.342 e. The average Bonchev–Trinajstić information content (AvgIpc) is 3.08. The molecule has 158 valence electrons. The van der Waals surface area contributed by atoms with Crippen molar-refractivity contribution in [1.29, 1.82) is 0 Å². The maximum absolute atomic E-state index is 13.0. The number of carbonyl (C=O) groups excluding carboxylic acids is 1. The number of nitrogens with one attached hydrogen (secondary N) is 1. The third kappa shape index (κ3) is 4.36. The van der Waals surface area contributed by atoms with Crippen molar-refractivity contribution in [3.63, 3.8) is 0 Å². The van der Waals surface area contributed by atoms with Gasteiger partial charge in [0.2, 0.25) is 0 Å². The van der Waals surface area contributed by atoms with Crippen LogP contribution in [0.1, 0.15) is 47.0 Å². The highest BCUT2D eigenvalue weighted by Crippen LogP contribution is 2.34. The molecule has 1 aromatic heterocycles. The molecule has 0 radical (unpaired) electrons. The standard InChI is InChI=1S/C25H29NO4/c1-17-10-13-26(14-11-17)16-20-21(27)8-9-22-24(20)23(18(2)30-22)25(28)29-15-12-19-6-4-3-5-7-19/h3-9,17,27H,10-16H2,1-2H3/p+1. The van der Waals surface area contributed by atoms with Crippen molar-refractivity contribution in [3.8, 4) is 5.75 Å². The number of esters is 1. The van der Waals surface area contributed by atoms with E-state index in [1.165, 1.54) is 17.7 Å². The minimum Gasteiger partial charge on any atom is -0.507 e. The summed E-state index contributed by atoms with van der Waals surface area (Å²) in [5.74, 6) is 1.11. The number of carbonyl (C=O) groups is 1. The Morgan fingerprint density at radius 3 is 2.63 bits per heavy atom. The van der Waals surface area contributed by atoms with E-state index in [1.807, 2.05) is 30.3 Å². The molecule has 2 N–H and O–H groups in total. The molecule has 3 aromatic rings. The summed E-state index contributed by atoms with van der Waals surface area (Å²) in [5, 5.41) is 11.3. The van der Waals surface area contributed by atoms with Crippen LogP contribution in [0.25, 0.3) is 11.0 Å². The lowest BCUT2D eigenvalue weighted by molar-refractivity contribution is -0.919. The summed E-state index contributed by atoms with van der Waals surface area (Å²) in [7, 11) is 0. The summed E-state index contributed by atoms with van der Waals surface area (Å²) in [6.45, 7) is 7.20. The van der Waals surface area contributed by atoms with Crippen molar-refractivity contribution in [3.05, 3.63) is 64.9 Å². The van der Waals surface area contributed by atoms with E-state index in [0.717, 1.165) is 30.1 Å². The Morgan fingerprint density at radius 1 is 1.17 bits per heavy atom. The number of hydrogen-bond donors (Lipinski definition) is 2. The first-order valence-electron chi connectivity index (χ1n) is 10.8. The second-order valence-corrected chi connectivity index (χ2v) is 8.45. The van der Waals surface area contributed by atoms with Crippen molar-refractivity contribution in [2.75, 3.05) is 19.7 Å². The number of likely N-dealkylation sites (tertiary alicyclic amines) is 1. The Hall–Kier alpha value is -2.79. The van der Waals surface area contributed by atoms with Gasteiger partial charge in [-0.3, -0.25) is 0 Å². The summed E-state index contributed by atoms with van der Waals surface area (Å²) in [6.07, 6.45) is 3.03. The Kier molecular flexibility index (Phi) is 6.09. The number of phenols is 1. The van der Waals surface area contributed by atoms with E-state index in [4.69, 9.17) is 9.15 Å². The van der Waals surface area contributed by atoms with Gasteiger partial charge in [-0.25, -0.2) is 4.79 Å². The van der Waals surface area contributed by atoms with Gasteiger partial charge in [-0.2, -0.15) is 0 Å². The van der Waals surface area contributed by atoms with Crippen molar-refractivity contribution in [2.24, 2.45) is 5.92 Å². The number of fused-ring (bicyclic) bond motifs is 1. The molecule has 0 unspecified atom stereocenters. The summed E-state index contributed by atoms with van der Waals surface area (Å²) >= 11 is 0. The van der Waals surface area contributed by atoms with Gasteiger partial charge < -0.3 is 19.2 Å². The predicted molar refractivity (Wildman–Crippen MR) is 116 cm³/mol. The Bertz CT molecular complexity index is 1020. The number of hydrogen-bond acceptors (Lipinski definition) is 4. The minimum atomic E-state index is -0.392. The number of furan rings is 1. The minimum absolute atomic E-state index is 0.216. The van der Waals surface area contributed by atoms with Crippen LogP contribution in [0.4, 0.5) is 0 Å². The molecule has 1 saturated heterocycles. The Morgan fingerprint density at radius 2 is 1.90 bits per heavy atom. The summed E-state index contributed by atoms with van der Waals surface area (Å²) < 4.78 is 11.5. The van der Waals surface area contributed by atoms with E-state index < -0.39 is 5.97 Å². The van der Waals surface area contributed by atoms with Gasteiger partial charge in [0, 0.05) is 11.8 Å². The molecule has 0 atom stereocenters. The number of benzene rings is 2. The lowest BCUT2D eigenvalue weighted by Crippen LogP contribution is -3.11. The van der Waals surface area contributed by atoms with Crippen LogP contribution >= 0.6 is 0 Å². The monoisotopic (exact) mass is 408 g/mol. The van der Waals surface area contributed by atoms with Gasteiger partial charge >= 0.3 is 5.97 Å². The SMILES string of the molecule is Cc1oc2ccc(O)c(C[NH+]3CCC(C)CC3)c2c1C(=O)OCCc1ccccc1. The molecule has 5 heteroatoms. The molecule has 4 rings (SSSR count). The number of ether oxygens (including phenoxy) is 1. The third-order valence-electron chi connectivity index (χ3n) is 6.19. The molecule has 0 spiro atoms. The molecular weight excluding hydrogens is 378 g/mol. The Labute approximate surface area is 177 Å². The maximum atomic E-state index is 13.0.